The van der Waals surface area contributed by atoms with Gasteiger partial charge in [-0.1, -0.05) is 34.3 Å². The number of nitrogens with one attached hydrogen (secondary N) is 1. The van der Waals surface area contributed by atoms with Gasteiger partial charge in [0, 0.05) is 24.6 Å². The highest BCUT2D eigenvalue weighted by Gasteiger charge is 2.29. The molecular weight excluding hydrogens is 196 g/mol. The predicted molar refractivity (Wildman–Crippen MR) is 63.2 cm³/mol. The molecule has 0 rings (SSSR count). The van der Waals surface area contributed by atoms with Crippen LogP contribution in [0.4, 0.5) is 8.78 Å². The standard InChI is InChI=1S/C10H19F2N.C2H6/c1-5-9(13-8(3)4)7-10(11,12)6-2;1-2/h9,13H,3,5-7H2,1-2,4H3;1-2H3. The molecule has 0 radical (unpaired) electrons. The summed E-state index contributed by atoms with van der Waals surface area (Å²) in [6.07, 6.45) is 0.497. The summed E-state index contributed by atoms with van der Waals surface area (Å²) in [5.74, 6) is -2.55. The highest BCUT2D eigenvalue weighted by atomic mass is 19.3. The summed E-state index contributed by atoms with van der Waals surface area (Å²) in [5.41, 5.74) is 0.749. The van der Waals surface area contributed by atoms with Crippen molar-refractivity contribution in [2.45, 2.75) is 65.8 Å². The molecule has 1 atom stereocenters. The predicted octanol–water partition coefficient (Wildman–Crippen LogP) is 4.35. The van der Waals surface area contributed by atoms with Crippen molar-refractivity contribution in [3.63, 3.8) is 0 Å². The second-order valence-corrected chi connectivity index (χ2v) is 3.44. The van der Waals surface area contributed by atoms with E-state index in [0.717, 1.165) is 5.70 Å². The number of rotatable bonds is 6. The number of hydrogen-bond donors (Lipinski definition) is 1. The summed E-state index contributed by atoms with van der Waals surface area (Å²) in [6.45, 7) is 12.8. The van der Waals surface area contributed by atoms with Crippen molar-refractivity contribution in [2.75, 3.05) is 0 Å². The molecule has 0 bridgehead atoms. The van der Waals surface area contributed by atoms with Crippen LogP contribution in [0.5, 0.6) is 0 Å². The number of allylic oxidation sites excluding steroid dienone is 1. The van der Waals surface area contributed by atoms with Gasteiger partial charge in [-0.2, -0.15) is 0 Å². The van der Waals surface area contributed by atoms with Crippen LogP contribution in [0, 0.1) is 0 Å². The van der Waals surface area contributed by atoms with Crippen molar-refractivity contribution < 1.29 is 8.78 Å². The molecule has 1 nitrogen and oxygen atoms in total. The number of alkyl halides is 2. The van der Waals surface area contributed by atoms with E-state index in [2.05, 4.69) is 11.9 Å². The van der Waals surface area contributed by atoms with E-state index in [9.17, 15) is 8.78 Å². The molecule has 1 unspecified atom stereocenters. The molecule has 3 heteroatoms. The zero-order valence-corrected chi connectivity index (χ0v) is 10.7. The molecule has 0 aromatic heterocycles. The fourth-order valence-electron chi connectivity index (χ4n) is 1.15. The van der Waals surface area contributed by atoms with E-state index in [1.807, 2.05) is 20.8 Å². The Bertz CT molecular complexity index is 167. The summed E-state index contributed by atoms with van der Waals surface area (Å²) < 4.78 is 25.9. The summed E-state index contributed by atoms with van der Waals surface area (Å²) in [4.78, 5) is 0. The van der Waals surface area contributed by atoms with Crippen molar-refractivity contribution >= 4 is 0 Å². The van der Waals surface area contributed by atoms with Crippen LogP contribution in [0.25, 0.3) is 0 Å². The van der Waals surface area contributed by atoms with Crippen LogP contribution in [-0.4, -0.2) is 12.0 Å². The second kappa shape index (κ2) is 8.69. The van der Waals surface area contributed by atoms with Gasteiger partial charge in [-0.05, 0) is 13.3 Å². The molecular formula is C12H25F2N. The van der Waals surface area contributed by atoms with Gasteiger partial charge in [-0.3, -0.25) is 0 Å². The summed E-state index contributed by atoms with van der Waals surface area (Å²) in [5, 5.41) is 2.95. The van der Waals surface area contributed by atoms with Gasteiger partial charge < -0.3 is 5.32 Å². The third-order valence-electron chi connectivity index (χ3n) is 2.01. The Kier molecular flexibility index (Phi) is 9.74. The Morgan fingerprint density at radius 2 is 1.80 bits per heavy atom. The third-order valence-corrected chi connectivity index (χ3v) is 2.01. The molecule has 0 fully saturated rings. The largest absolute Gasteiger partial charge is 0.386 e. The Morgan fingerprint density at radius 3 is 2.07 bits per heavy atom. The minimum absolute atomic E-state index is 0.0959. The van der Waals surface area contributed by atoms with Crippen molar-refractivity contribution in [1.82, 2.24) is 5.32 Å². The third kappa shape index (κ3) is 9.70. The van der Waals surface area contributed by atoms with Crippen molar-refractivity contribution in [3.8, 4) is 0 Å². The van der Waals surface area contributed by atoms with Gasteiger partial charge in [-0.15, -0.1) is 0 Å². The van der Waals surface area contributed by atoms with E-state index in [4.69, 9.17) is 0 Å². The van der Waals surface area contributed by atoms with E-state index in [1.54, 1.807) is 6.92 Å². The molecule has 1 N–H and O–H groups in total. The van der Waals surface area contributed by atoms with Crippen LogP contribution in [-0.2, 0) is 0 Å². The number of halogens is 2. The van der Waals surface area contributed by atoms with Crippen LogP contribution in [0.15, 0.2) is 12.3 Å². The van der Waals surface area contributed by atoms with Crippen LogP contribution >= 0.6 is 0 Å². The molecule has 0 spiro atoms. The highest BCUT2D eigenvalue weighted by Crippen LogP contribution is 2.25. The van der Waals surface area contributed by atoms with Crippen LogP contribution in [0.3, 0.4) is 0 Å². The minimum Gasteiger partial charge on any atom is -0.386 e. The lowest BCUT2D eigenvalue weighted by Crippen LogP contribution is -2.33. The Hall–Kier alpha value is -0.600. The van der Waals surface area contributed by atoms with Crippen molar-refractivity contribution in [3.05, 3.63) is 12.3 Å². The maximum Gasteiger partial charge on any atom is 0.249 e. The minimum atomic E-state index is -2.55. The fourth-order valence-corrected chi connectivity index (χ4v) is 1.15. The normalized spacial score (nSPS) is 12.5. The maximum atomic E-state index is 13.0. The maximum absolute atomic E-state index is 13.0. The van der Waals surface area contributed by atoms with E-state index in [0.29, 0.717) is 6.42 Å². The molecule has 0 heterocycles. The Labute approximate surface area is 93.0 Å². The molecule has 0 aliphatic carbocycles. The molecule has 92 valence electrons. The molecule has 15 heavy (non-hydrogen) atoms. The van der Waals surface area contributed by atoms with E-state index in [-0.39, 0.29) is 18.9 Å². The van der Waals surface area contributed by atoms with Gasteiger partial charge >= 0.3 is 0 Å². The Morgan fingerprint density at radius 1 is 1.33 bits per heavy atom. The van der Waals surface area contributed by atoms with E-state index >= 15 is 0 Å². The first-order valence-electron chi connectivity index (χ1n) is 5.71. The van der Waals surface area contributed by atoms with Crippen molar-refractivity contribution in [2.24, 2.45) is 0 Å². The molecule has 0 aliphatic rings. The van der Waals surface area contributed by atoms with Gasteiger partial charge in [0.2, 0.25) is 5.92 Å². The topological polar surface area (TPSA) is 12.0 Å². The first-order chi connectivity index (χ1) is 6.91. The lowest BCUT2D eigenvalue weighted by molar-refractivity contribution is -0.0200. The average molecular weight is 221 g/mol. The lowest BCUT2D eigenvalue weighted by Gasteiger charge is -2.23. The second-order valence-electron chi connectivity index (χ2n) is 3.44. The van der Waals surface area contributed by atoms with Gasteiger partial charge in [0.15, 0.2) is 0 Å². The van der Waals surface area contributed by atoms with Gasteiger partial charge in [-0.25, -0.2) is 8.78 Å². The molecule has 0 aromatic rings. The van der Waals surface area contributed by atoms with Crippen LogP contribution < -0.4 is 5.32 Å². The first-order valence-corrected chi connectivity index (χ1v) is 5.71. The van der Waals surface area contributed by atoms with Crippen LogP contribution in [0.1, 0.15) is 53.9 Å². The monoisotopic (exact) mass is 221 g/mol. The zero-order chi connectivity index (χ0) is 12.5. The molecule has 0 amide bonds. The summed E-state index contributed by atoms with van der Waals surface area (Å²) in [6, 6.07) is -0.160. The van der Waals surface area contributed by atoms with Gasteiger partial charge in [0.05, 0.1) is 0 Å². The highest BCUT2D eigenvalue weighted by molar-refractivity contribution is 4.89. The molecule has 0 aliphatic heterocycles. The van der Waals surface area contributed by atoms with E-state index in [1.165, 1.54) is 6.92 Å². The number of hydrogen-bond acceptors (Lipinski definition) is 1. The zero-order valence-electron chi connectivity index (χ0n) is 10.7. The lowest BCUT2D eigenvalue weighted by atomic mass is 10.0. The average Bonchev–Trinajstić information content (AvgIpc) is 2.19. The molecule has 0 aromatic carbocycles. The SMILES string of the molecule is C=C(C)NC(CC)CC(F)(F)CC.CC. The van der Waals surface area contributed by atoms with Crippen LogP contribution in [0.2, 0.25) is 0 Å². The molecule has 0 saturated heterocycles. The quantitative estimate of drug-likeness (QED) is 0.703. The van der Waals surface area contributed by atoms with Crippen molar-refractivity contribution in [1.29, 1.82) is 0 Å². The fraction of sp³-hybridized carbons (Fsp3) is 0.833. The first kappa shape index (κ1) is 16.8. The van der Waals surface area contributed by atoms with Gasteiger partial charge in [0.25, 0.3) is 0 Å². The molecule has 0 saturated carbocycles. The smallest absolute Gasteiger partial charge is 0.249 e. The van der Waals surface area contributed by atoms with Gasteiger partial charge in [0.1, 0.15) is 0 Å². The van der Waals surface area contributed by atoms with E-state index < -0.39 is 5.92 Å². The Balaban J connectivity index is 0. The summed E-state index contributed by atoms with van der Waals surface area (Å²) >= 11 is 0. The summed E-state index contributed by atoms with van der Waals surface area (Å²) in [7, 11) is 0.